The Morgan fingerprint density at radius 1 is 1.10 bits per heavy atom. The molecular formula is C16H16O4. The van der Waals surface area contributed by atoms with Gasteiger partial charge in [-0.3, -0.25) is 0 Å². The van der Waals surface area contributed by atoms with Crippen molar-refractivity contribution in [2.45, 2.75) is 13.2 Å². The van der Waals surface area contributed by atoms with Gasteiger partial charge in [-0.2, -0.15) is 0 Å². The van der Waals surface area contributed by atoms with Gasteiger partial charge in [-0.15, -0.1) is 0 Å². The Balaban J connectivity index is 2.04. The first-order chi connectivity index (χ1) is 9.70. The van der Waals surface area contributed by atoms with Crippen LogP contribution in [-0.2, 0) is 18.0 Å². The van der Waals surface area contributed by atoms with Gasteiger partial charge in [-0.1, -0.05) is 36.4 Å². The van der Waals surface area contributed by atoms with Crippen LogP contribution in [0.15, 0.2) is 48.5 Å². The van der Waals surface area contributed by atoms with E-state index in [1.54, 1.807) is 12.1 Å². The van der Waals surface area contributed by atoms with Gasteiger partial charge >= 0.3 is 5.97 Å². The summed E-state index contributed by atoms with van der Waals surface area (Å²) < 4.78 is 10.6. The summed E-state index contributed by atoms with van der Waals surface area (Å²) in [6.07, 6.45) is 0. The number of hydrogen-bond donors (Lipinski definition) is 1. The van der Waals surface area contributed by atoms with Gasteiger partial charge in [0.1, 0.15) is 5.75 Å². The van der Waals surface area contributed by atoms with Crippen LogP contribution in [0.3, 0.4) is 0 Å². The summed E-state index contributed by atoms with van der Waals surface area (Å²) in [5.41, 5.74) is 1.89. The van der Waals surface area contributed by atoms with Gasteiger partial charge in [0.05, 0.1) is 25.9 Å². The predicted octanol–water partition coefficient (Wildman–Crippen LogP) is 3.11. The molecule has 0 aliphatic carbocycles. The van der Waals surface area contributed by atoms with Crippen molar-refractivity contribution in [1.29, 1.82) is 0 Å². The van der Waals surface area contributed by atoms with Crippen LogP contribution in [0.4, 0.5) is 0 Å². The highest BCUT2D eigenvalue weighted by Crippen LogP contribution is 2.19. The number of hydrogen-bond acceptors (Lipinski definition) is 3. The maximum Gasteiger partial charge on any atom is 0.336 e. The van der Waals surface area contributed by atoms with Gasteiger partial charge in [-0.05, 0) is 23.3 Å². The van der Waals surface area contributed by atoms with Crippen molar-refractivity contribution >= 4 is 5.97 Å². The average Bonchev–Trinajstić information content (AvgIpc) is 2.48. The molecule has 0 heterocycles. The van der Waals surface area contributed by atoms with E-state index in [1.807, 2.05) is 30.3 Å². The Morgan fingerprint density at radius 2 is 1.85 bits per heavy atom. The van der Waals surface area contributed by atoms with Gasteiger partial charge < -0.3 is 14.6 Å². The Hall–Kier alpha value is -2.33. The van der Waals surface area contributed by atoms with E-state index < -0.39 is 5.97 Å². The first kappa shape index (κ1) is 14.1. The normalized spacial score (nSPS) is 10.2. The largest absolute Gasteiger partial charge is 0.497 e. The second-order valence-electron chi connectivity index (χ2n) is 4.31. The van der Waals surface area contributed by atoms with E-state index in [4.69, 9.17) is 9.47 Å². The number of rotatable bonds is 6. The van der Waals surface area contributed by atoms with Crippen LogP contribution in [0.2, 0.25) is 0 Å². The number of ether oxygens (including phenoxy) is 2. The molecular weight excluding hydrogens is 256 g/mol. The molecule has 0 aliphatic rings. The Bertz CT molecular complexity index is 578. The first-order valence-electron chi connectivity index (χ1n) is 6.22. The summed E-state index contributed by atoms with van der Waals surface area (Å²) >= 11 is 0. The number of carboxylic acids is 1. The minimum atomic E-state index is -0.984. The third-order valence-electron chi connectivity index (χ3n) is 2.92. The highest BCUT2D eigenvalue weighted by molar-refractivity contribution is 5.89. The molecule has 0 saturated heterocycles. The molecule has 104 valence electrons. The summed E-state index contributed by atoms with van der Waals surface area (Å²) in [7, 11) is 1.51. The van der Waals surface area contributed by atoms with E-state index in [0.717, 1.165) is 5.56 Å². The molecule has 2 aromatic carbocycles. The van der Waals surface area contributed by atoms with E-state index in [9.17, 15) is 9.90 Å². The molecule has 0 atom stereocenters. The van der Waals surface area contributed by atoms with Crippen LogP contribution >= 0.6 is 0 Å². The topological polar surface area (TPSA) is 55.8 Å². The molecule has 20 heavy (non-hydrogen) atoms. The third kappa shape index (κ3) is 3.59. The van der Waals surface area contributed by atoms with Gasteiger partial charge in [-0.25, -0.2) is 4.79 Å². The van der Waals surface area contributed by atoms with Crippen LogP contribution in [0.25, 0.3) is 0 Å². The fraction of sp³-hybridized carbons (Fsp3) is 0.188. The molecule has 4 heteroatoms. The highest BCUT2D eigenvalue weighted by Gasteiger charge is 2.11. The van der Waals surface area contributed by atoms with Crippen molar-refractivity contribution in [1.82, 2.24) is 0 Å². The molecule has 0 bridgehead atoms. The van der Waals surface area contributed by atoms with Crippen LogP contribution in [0, 0.1) is 0 Å². The van der Waals surface area contributed by atoms with Crippen molar-refractivity contribution in [3.05, 3.63) is 65.2 Å². The lowest BCUT2D eigenvalue weighted by Crippen LogP contribution is -2.05. The monoisotopic (exact) mass is 272 g/mol. The fourth-order valence-corrected chi connectivity index (χ4v) is 1.86. The number of methoxy groups -OCH3 is 1. The van der Waals surface area contributed by atoms with Gasteiger partial charge in [0.2, 0.25) is 0 Å². The minimum absolute atomic E-state index is 0.206. The van der Waals surface area contributed by atoms with E-state index in [2.05, 4.69) is 0 Å². The minimum Gasteiger partial charge on any atom is -0.497 e. The quantitative estimate of drug-likeness (QED) is 0.877. The first-order valence-corrected chi connectivity index (χ1v) is 6.22. The summed E-state index contributed by atoms with van der Waals surface area (Å²) in [6, 6.07) is 14.7. The van der Waals surface area contributed by atoms with Crippen molar-refractivity contribution in [2.24, 2.45) is 0 Å². The summed E-state index contributed by atoms with van der Waals surface area (Å²) in [6.45, 7) is 0.701. The smallest absolute Gasteiger partial charge is 0.336 e. The highest BCUT2D eigenvalue weighted by atomic mass is 16.5. The van der Waals surface area contributed by atoms with Crippen molar-refractivity contribution < 1.29 is 19.4 Å². The van der Waals surface area contributed by atoms with E-state index in [-0.39, 0.29) is 12.2 Å². The Labute approximate surface area is 117 Å². The van der Waals surface area contributed by atoms with E-state index >= 15 is 0 Å². The molecule has 2 rings (SSSR count). The molecule has 0 saturated carbocycles. The lowest BCUT2D eigenvalue weighted by Gasteiger charge is -2.09. The van der Waals surface area contributed by atoms with Gasteiger partial charge in [0, 0.05) is 0 Å². The van der Waals surface area contributed by atoms with Gasteiger partial charge in [0.15, 0.2) is 0 Å². The summed E-state index contributed by atoms with van der Waals surface area (Å²) in [5.74, 6) is -0.462. The molecule has 4 nitrogen and oxygen atoms in total. The number of carboxylic acid groups (broad SMARTS) is 1. The molecule has 0 fully saturated rings. The molecule has 0 radical (unpaired) electrons. The van der Waals surface area contributed by atoms with Gasteiger partial charge in [0.25, 0.3) is 0 Å². The molecule has 0 amide bonds. The summed E-state index contributed by atoms with van der Waals surface area (Å²) in [5, 5.41) is 9.19. The zero-order valence-corrected chi connectivity index (χ0v) is 11.2. The van der Waals surface area contributed by atoms with Crippen LogP contribution in [0.1, 0.15) is 21.5 Å². The lowest BCUT2D eigenvalue weighted by atomic mass is 10.1. The second-order valence-corrected chi connectivity index (χ2v) is 4.31. The SMILES string of the molecule is COc1ccc(COCc2ccccc2)c(C(=O)O)c1. The predicted molar refractivity (Wildman–Crippen MR) is 74.9 cm³/mol. The summed E-state index contributed by atoms with van der Waals surface area (Å²) in [4.78, 5) is 11.2. The number of benzene rings is 2. The van der Waals surface area contributed by atoms with E-state index in [0.29, 0.717) is 17.9 Å². The maximum absolute atomic E-state index is 11.2. The maximum atomic E-state index is 11.2. The number of carbonyl (C=O) groups is 1. The van der Waals surface area contributed by atoms with Crippen molar-refractivity contribution in [3.8, 4) is 5.75 Å². The second kappa shape index (κ2) is 6.73. The Kier molecular flexibility index (Phi) is 4.74. The van der Waals surface area contributed by atoms with E-state index in [1.165, 1.54) is 13.2 Å². The molecule has 2 aromatic rings. The van der Waals surface area contributed by atoms with Crippen LogP contribution in [-0.4, -0.2) is 18.2 Å². The Morgan fingerprint density at radius 3 is 2.50 bits per heavy atom. The van der Waals surface area contributed by atoms with Crippen LogP contribution in [0.5, 0.6) is 5.75 Å². The lowest BCUT2D eigenvalue weighted by molar-refractivity contribution is 0.0683. The van der Waals surface area contributed by atoms with Crippen molar-refractivity contribution in [2.75, 3.05) is 7.11 Å². The molecule has 1 N–H and O–H groups in total. The number of aromatic carboxylic acids is 1. The zero-order chi connectivity index (χ0) is 14.4. The average molecular weight is 272 g/mol. The molecule has 0 aliphatic heterocycles. The molecule has 0 unspecified atom stereocenters. The zero-order valence-electron chi connectivity index (χ0n) is 11.2. The van der Waals surface area contributed by atoms with Crippen molar-refractivity contribution in [3.63, 3.8) is 0 Å². The molecule has 0 aromatic heterocycles. The third-order valence-corrected chi connectivity index (χ3v) is 2.92. The fourth-order valence-electron chi connectivity index (χ4n) is 1.86. The standard InChI is InChI=1S/C16H16O4/c1-19-14-8-7-13(15(9-14)16(17)18)11-20-10-12-5-3-2-4-6-12/h2-9H,10-11H2,1H3,(H,17,18). The van der Waals surface area contributed by atoms with Crippen LogP contribution < -0.4 is 4.74 Å². The molecule has 0 spiro atoms.